The molecule has 2 rings (SSSR count). The summed E-state index contributed by atoms with van der Waals surface area (Å²) in [4.78, 5) is 151. The van der Waals surface area contributed by atoms with Gasteiger partial charge in [-0.3, -0.25) is 52.9 Å². The van der Waals surface area contributed by atoms with Crippen molar-refractivity contribution in [3.8, 4) is 0 Å². The number of primary amides is 1. The molecule has 1 aromatic heterocycles. The summed E-state index contributed by atoms with van der Waals surface area (Å²) in [5, 5.41) is 59.0. The smallest absolute Gasteiger partial charge is 0.327 e. The minimum Gasteiger partial charge on any atom is -0.481 e. The number of nitrogens with two attached hydrogens (primary N) is 4. The quantitative estimate of drug-likeness (QED) is 0.0137. The highest BCUT2D eigenvalue weighted by atomic mass is 32.1. The average molecular weight is 1100 g/mol. The van der Waals surface area contributed by atoms with Crippen molar-refractivity contribution in [3.63, 3.8) is 0 Å². The van der Waals surface area contributed by atoms with Crippen molar-refractivity contribution in [1.29, 1.82) is 0 Å². The lowest BCUT2D eigenvalue weighted by molar-refractivity contribution is -0.142. The average Bonchev–Trinajstić information content (AvgIpc) is 3.74. The summed E-state index contributed by atoms with van der Waals surface area (Å²) in [5.74, 6) is -14.2. The van der Waals surface area contributed by atoms with Crippen LogP contribution in [0.15, 0.2) is 35.5 Å². The number of aliphatic imine (C=N–C) groups is 1. The maximum absolute atomic E-state index is 13.9. The van der Waals surface area contributed by atoms with Gasteiger partial charge < -0.3 is 90.9 Å². The largest absolute Gasteiger partial charge is 0.481 e. The molecule has 0 fully saturated rings. The summed E-state index contributed by atoms with van der Waals surface area (Å²) in [6.07, 6.45) is -2.67. The lowest BCUT2D eigenvalue weighted by atomic mass is 10.0. The Morgan fingerprint density at radius 3 is 1.69 bits per heavy atom. The first-order chi connectivity index (χ1) is 35.2. The van der Waals surface area contributed by atoms with Crippen molar-refractivity contribution in [2.45, 2.75) is 120 Å². The topological polar surface area (TPSA) is 497 Å². The van der Waals surface area contributed by atoms with Gasteiger partial charge in [-0.1, -0.05) is 32.0 Å². The molecule has 75 heavy (non-hydrogen) atoms. The number of aliphatic hydroxyl groups excluding tert-OH is 2. The van der Waals surface area contributed by atoms with E-state index in [0.29, 0.717) is 16.5 Å². The van der Waals surface area contributed by atoms with Crippen LogP contribution in [-0.4, -0.2) is 182 Å². The third-order valence-corrected chi connectivity index (χ3v) is 11.7. The molecule has 0 saturated carbocycles. The summed E-state index contributed by atoms with van der Waals surface area (Å²) in [6.45, 7) is 3.39. The molecule has 29 nitrogen and oxygen atoms in total. The van der Waals surface area contributed by atoms with E-state index in [1.165, 1.54) is 6.20 Å². The first kappa shape index (κ1) is 63.9. The Balaban J connectivity index is 2.36. The fourth-order valence-corrected chi connectivity index (χ4v) is 7.44. The van der Waals surface area contributed by atoms with Crippen molar-refractivity contribution < 1.29 is 73.2 Å². The van der Waals surface area contributed by atoms with Crippen LogP contribution in [0.4, 0.5) is 0 Å². The molecule has 0 aliphatic carbocycles. The van der Waals surface area contributed by atoms with Crippen molar-refractivity contribution in [3.05, 3.63) is 36.0 Å². The number of H-pyrrole nitrogens is 1. The van der Waals surface area contributed by atoms with Crippen LogP contribution >= 0.6 is 25.3 Å². The summed E-state index contributed by atoms with van der Waals surface area (Å²) in [7, 11) is 0. The van der Waals surface area contributed by atoms with E-state index in [1.807, 2.05) is 0 Å². The molecule has 21 N–H and O–H groups in total. The molecule has 9 amide bonds. The number of carbonyl (C=O) groups is 11. The molecule has 416 valence electrons. The fraction of sp³-hybridized carbons (Fsp3) is 0.545. The lowest BCUT2D eigenvalue weighted by Crippen LogP contribution is -2.62. The number of hydrogen-bond acceptors (Lipinski definition) is 17. The number of thiol groups is 2. The van der Waals surface area contributed by atoms with Crippen LogP contribution in [0.2, 0.25) is 0 Å². The predicted molar refractivity (Wildman–Crippen MR) is 275 cm³/mol. The highest BCUT2D eigenvalue weighted by Gasteiger charge is 2.37. The molecule has 10 atom stereocenters. The molecule has 0 aliphatic heterocycles. The van der Waals surface area contributed by atoms with Crippen LogP contribution in [0.25, 0.3) is 10.9 Å². The minimum absolute atomic E-state index is 0.0557. The molecule has 31 heteroatoms. The Morgan fingerprint density at radius 2 is 1.15 bits per heavy atom. The predicted octanol–water partition coefficient (Wildman–Crippen LogP) is -6.32. The number of carbonyl (C=O) groups excluding carboxylic acids is 9. The molecule has 0 saturated heterocycles. The normalized spacial score (nSPS) is 15.1. The van der Waals surface area contributed by atoms with Crippen LogP contribution in [0.5, 0.6) is 0 Å². The van der Waals surface area contributed by atoms with Gasteiger partial charge in [0.1, 0.15) is 48.3 Å². The van der Waals surface area contributed by atoms with Crippen LogP contribution in [0, 0.1) is 5.92 Å². The number of nitrogens with one attached hydrogen (secondary N) is 9. The van der Waals surface area contributed by atoms with E-state index in [9.17, 15) is 73.2 Å². The Bertz CT molecular complexity index is 2380. The zero-order valence-electron chi connectivity index (χ0n) is 41.2. The Hall–Kier alpha value is -7.22. The number of para-hydroxylation sites is 1. The Morgan fingerprint density at radius 1 is 0.640 bits per heavy atom. The third-order valence-electron chi connectivity index (χ3n) is 10.9. The fourth-order valence-electron chi connectivity index (χ4n) is 7.02. The molecule has 0 spiro atoms. The SMILES string of the molecule is CC(C)C[C@H](NC(=O)[C@H](CO)NC(=O)[C@H](CCCN=C(N)N)NC(=O)[C@@H](N)CS)C(=O)N[C@H](C(=O)N[C@@H](CC(=O)O)C(=O)N[C@@H](CC(N)=O)C(=O)N[C@@H](Cc1c[nH]c2ccccc12)C(=O)N[C@@H](CS)C(=O)O)[C@@H](C)O. The van der Waals surface area contributed by atoms with Gasteiger partial charge in [0.15, 0.2) is 5.96 Å². The molecule has 0 aliphatic rings. The molecular weight excluding hydrogens is 1030 g/mol. The van der Waals surface area contributed by atoms with E-state index in [0.717, 1.165) is 6.92 Å². The maximum atomic E-state index is 13.9. The second kappa shape index (κ2) is 31.5. The molecule has 0 radical (unpaired) electrons. The van der Waals surface area contributed by atoms with Crippen molar-refractivity contribution in [1.82, 2.24) is 47.5 Å². The third kappa shape index (κ3) is 21.6. The number of carboxylic acids is 2. The van der Waals surface area contributed by atoms with Crippen LogP contribution in [0.1, 0.15) is 58.4 Å². The zero-order valence-corrected chi connectivity index (χ0v) is 43.0. The van der Waals surface area contributed by atoms with E-state index >= 15 is 0 Å². The highest BCUT2D eigenvalue weighted by Crippen LogP contribution is 2.20. The number of hydrogen-bond donors (Lipinski definition) is 19. The number of nitrogens with zero attached hydrogens (tertiary/aromatic N) is 1. The van der Waals surface area contributed by atoms with Gasteiger partial charge in [-0.2, -0.15) is 25.3 Å². The van der Waals surface area contributed by atoms with Crippen LogP contribution in [-0.2, 0) is 59.2 Å². The first-order valence-electron chi connectivity index (χ1n) is 23.3. The Labute approximate surface area is 440 Å². The molecular formula is C44H68N14O15S2. The summed E-state index contributed by atoms with van der Waals surface area (Å²) in [6, 6.07) is -7.93. The van der Waals surface area contributed by atoms with Crippen molar-refractivity contribution in [2.75, 3.05) is 24.7 Å². The number of fused-ring (bicyclic) bond motifs is 1. The highest BCUT2D eigenvalue weighted by molar-refractivity contribution is 7.80. The van der Waals surface area contributed by atoms with Gasteiger partial charge >= 0.3 is 11.9 Å². The molecule has 2 aromatic rings. The van der Waals surface area contributed by atoms with Crippen molar-refractivity contribution >= 4 is 107 Å². The maximum Gasteiger partial charge on any atom is 0.327 e. The van der Waals surface area contributed by atoms with Crippen LogP contribution in [0.3, 0.4) is 0 Å². The number of aliphatic hydroxyl groups is 2. The summed E-state index contributed by atoms with van der Waals surface area (Å²) in [5.41, 5.74) is 23.0. The lowest BCUT2D eigenvalue weighted by Gasteiger charge is -2.28. The van der Waals surface area contributed by atoms with E-state index in [1.54, 1.807) is 38.1 Å². The molecule has 1 heterocycles. The number of carboxylic acid groups (broad SMARTS) is 2. The molecule has 0 bridgehead atoms. The van der Waals surface area contributed by atoms with E-state index in [4.69, 9.17) is 22.9 Å². The van der Waals surface area contributed by atoms with E-state index in [2.05, 4.69) is 77.8 Å². The van der Waals surface area contributed by atoms with Gasteiger partial charge in [-0.05, 0) is 43.7 Å². The molecule has 1 aromatic carbocycles. The number of guanidine groups is 1. The minimum atomic E-state index is -2.10. The monoisotopic (exact) mass is 1100 g/mol. The van der Waals surface area contributed by atoms with Gasteiger partial charge in [-0.15, -0.1) is 0 Å². The van der Waals surface area contributed by atoms with E-state index < -0.39 is 145 Å². The zero-order chi connectivity index (χ0) is 56.7. The number of amides is 9. The number of aromatic nitrogens is 1. The number of aromatic amines is 1. The standard InChI is InChI=1S/C44H68N14O15S2/c1-19(2)11-26(52-41(70)30(16-59)56-36(65)25(9-6-10-49-44(47)48)51-35(64)23(45)17-74)40(69)58-34(20(3)60)42(71)55-29(14-33(62)63)39(68)54-28(13-32(46)61)38(67)53-27(37(66)57-31(18-75)43(72)73)12-21-15-50-24-8-5-4-7-22(21)24/h4-5,7-8,15,19-20,23,25-31,34,50,59-60,74-75H,6,9-14,16-18,45H2,1-3H3,(H2,46,61)(H,51,64)(H,52,70)(H,53,67)(H,54,68)(H,55,71)(H,56,65)(H,57,66)(H,58,69)(H,62,63)(H,72,73)(H4,47,48,49)/t20-,23+,25+,26+,27+,28+,29+,30+,31+,34+/m1/s1. The van der Waals surface area contributed by atoms with Gasteiger partial charge in [0.25, 0.3) is 0 Å². The first-order valence-corrected chi connectivity index (χ1v) is 24.5. The molecule has 0 unspecified atom stereocenters. The summed E-state index contributed by atoms with van der Waals surface area (Å²) < 4.78 is 0. The Kier molecular flexibility index (Phi) is 26.8. The number of rotatable bonds is 33. The summed E-state index contributed by atoms with van der Waals surface area (Å²) >= 11 is 7.93. The van der Waals surface area contributed by atoms with Crippen LogP contribution < -0.4 is 65.5 Å². The number of benzene rings is 1. The van der Waals surface area contributed by atoms with Crippen molar-refractivity contribution in [2.24, 2.45) is 33.8 Å². The van der Waals surface area contributed by atoms with Gasteiger partial charge in [0.2, 0.25) is 53.2 Å². The number of aliphatic carboxylic acids is 2. The van der Waals surface area contributed by atoms with Gasteiger partial charge in [0.05, 0.1) is 31.6 Å². The van der Waals surface area contributed by atoms with E-state index in [-0.39, 0.29) is 55.6 Å². The second-order valence-electron chi connectivity index (χ2n) is 17.6. The second-order valence-corrected chi connectivity index (χ2v) is 18.3. The van der Waals surface area contributed by atoms with Gasteiger partial charge in [-0.25, -0.2) is 4.79 Å². The van der Waals surface area contributed by atoms with Gasteiger partial charge in [0, 0.05) is 41.6 Å².